The summed E-state index contributed by atoms with van der Waals surface area (Å²) in [5.41, 5.74) is 6.56. The summed E-state index contributed by atoms with van der Waals surface area (Å²) in [4.78, 5) is 26.9. The molecule has 1 aromatic carbocycles. The first kappa shape index (κ1) is 15.4. The van der Waals surface area contributed by atoms with Crippen LogP contribution in [0.4, 0.5) is 4.39 Å². The van der Waals surface area contributed by atoms with Crippen molar-refractivity contribution in [1.82, 2.24) is 9.80 Å². The number of carbonyl (C=O) groups is 2. The summed E-state index contributed by atoms with van der Waals surface area (Å²) in [6.45, 7) is 3.01. The molecule has 1 aliphatic rings. The molecule has 0 spiro atoms. The van der Waals surface area contributed by atoms with Gasteiger partial charge in [-0.15, -0.1) is 0 Å². The van der Waals surface area contributed by atoms with Crippen LogP contribution in [0.25, 0.3) is 0 Å². The van der Waals surface area contributed by atoms with E-state index >= 15 is 0 Å². The molecule has 6 heteroatoms. The van der Waals surface area contributed by atoms with Crippen LogP contribution < -0.4 is 5.73 Å². The van der Waals surface area contributed by atoms with Crippen LogP contribution >= 0.6 is 0 Å². The molecule has 1 heterocycles. The SMILES string of the molecule is CCCN1CC(=O)N(Cc2ccc(CN)cc2F)CC1=O. The first-order valence-electron chi connectivity index (χ1n) is 7.08. The molecule has 0 atom stereocenters. The second-order valence-corrected chi connectivity index (χ2v) is 5.19. The summed E-state index contributed by atoms with van der Waals surface area (Å²) in [6, 6.07) is 4.72. The van der Waals surface area contributed by atoms with Crippen LogP contribution in [0, 0.1) is 5.82 Å². The Hall–Kier alpha value is -1.95. The number of hydrogen-bond donors (Lipinski definition) is 1. The molecular weight excluding hydrogens is 273 g/mol. The fourth-order valence-corrected chi connectivity index (χ4v) is 2.37. The molecule has 0 unspecified atom stereocenters. The van der Waals surface area contributed by atoms with E-state index < -0.39 is 5.82 Å². The van der Waals surface area contributed by atoms with Gasteiger partial charge in [0.15, 0.2) is 0 Å². The predicted octanol–water partition coefficient (Wildman–Crippen LogP) is 0.865. The Morgan fingerprint density at radius 1 is 1.19 bits per heavy atom. The quantitative estimate of drug-likeness (QED) is 0.876. The zero-order chi connectivity index (χ0) is 15.4. The molecule has 1 fully saturated rings. The Bertz CT molecular complexity index is 548. The van der Waals surface area contributed by atoms with Crippen molar-refractivity contribution in [3.8, 4) is 0 Å². The van der Waals surface area contributed by atoms with E-state index in [0.29, 0.717) is 17.7 Å². The van der Waals surface area contributed by atoms with Crippen LogP contribution in [0.2, 0.25) is 0 Å². The minimum absolute atomic E-state index is 0.0108. The number of nitrogens with two attached hydrogens (primary N) is 1. The molecule has 2 rings (SSSR count). The van der Waals surface area contributed by atoms with Gasteiger partial charge in [-0.25, -0.2) is 4.39 Å². The molecule has 0 radical (unpaired) electrons. The summed E-state index contributed by atoms with van der Waals surface area (Å²) in [6.07, 6.45) is 0.814. The second-order valence-electron chi connectivity index (χ2n) is 5.19. The number of piperazine rings is 1. The topological polar surface area (TPSA) is 66.6 Å². The zero-order valence-corrected chi connectivity index (χ0v) is 12.1. The summed E-state index contributed by atoms with van der Waals surface area (Å²) in [5.74, 6) is -0.630. The average Bonchev–Trinajstić information content (AvgIpc) is 2.46. The number of rotatable bonds is 5. The number of amides is 2. The molecule has 0 bridgehead atoms. The highest BCUT2D eigenvalue weighted by molar-refractivity contribution is 5.92. The van der Waals surface area contributed by atoms with E-state index in [4.69, 9.17) is 5.73 Å². The van der Waals surface area contributed by atoms with Gasteiger partial charge < -0.3 is 15.5 Å². The van der Waals surface area contributed by atoms with E-state index in [1.54, 1.807) is 17.0 Å². The van der Waals surface area contributed by atoms with Crippen LogP contribution in [0.3, 0.4) is 0 Å². The minimum atomic E-state index is -0.394. The molecule has 0 aromatic heterocycles. The first-order valence-corrected chi connectivity index (χ1v) is 7.08. The number of hydrogen-bond acceptors (Lipinski definition) is 3. The molecule has 0 aliphatic carbocycles. The highest BCUT2D eigenvalue weighted by Crippen LogP contribution is 2.15. The minimum Gasteiger partial charge on any atom is -0.332 e. The zero-order valence-electron chi connectivity index (χ0n) is 12.1. The maximum Gasteiger partial charge on any atom is 0.242 e. The van der Waals surface area contributed by atoms with Gasteiger partial charge in [0, 0.05) is 25.2 Å². The summed E-state index contributed by atoms with van der Waals surface area (Å²) in [5, 5.41) is 0. The molecule has 1 aromatic rings. The lowest BCUT2D eigenvalue weighted by atomic mass is 10.1. The van der Waals surface area contributed by atoms with Gasteiger partial charge in [-0.3, -0.25) is 9.59 Å². The molecule has 5 nitrogen and oxygen atoms in total. The van der Waals surface area contributed by atoms with Crippen molar-refractivity contribution in [2.45, 2.75) is 26.4 Å². The van der Waals surface area contributed by atoms with Gasteiger partial charge in [0.25, 0.3) is 0 Å². The fourth-order valence-electron chi connectivity index (χ4n) is 2.37. The van der Waals surface area contributed by atoms with E-state index in [0.717, 1.165) is 6.42 Å². The van der Waals surface area contributed by atoms with Crippen molar-refractivity contribution >= 4 is 11.8 Å². The van der Waals surface area contributed by atoms with E-state index in [9.17, 15) is 14.0 Å². The number of carbonyl (C=O) groups excluding carboxylic acids is 2. The fraction of sp³-hybridized carbons (Fsp3) is 0.467. The third-order valence-corrected chi connectivity index (χ3v) is 3.57. The van der Waals surface area contributed by atoms with Crippen LogP contribution in [-0.4, -0.2) is 41.2 Å². The van der Waals surface area contributed by atoms with E-state index in [1.807, 2.05) is 6.92 Å². The van der Waals surface area contributed by atoms with Crippen molar-refractivity contribution in [3.05, 3.63) is 35.1 Å². The maximum absolute atomic E-state index is 13.9. The van der Waals surface area contributed by atoms with Gasteiger partial charge in [-0.1, -0.05) is 19.1 Å². The normalized spacial score (nSPS) is 15.8. The highest BCUT2D eigenvalue weighted by Gasteiger charge is 2.29. The van der Waals surface area contributed by atoms with Crippen molar-refractivity contribution in [2.24, 2.45) is 5.73 Å². The van der Waals surface area contributed by atoms with Crippen LogP contribution in [0.1, 0.15) is 24.5 Å². The predicted molar refractivity (Wildman–Crippen MR) is 76.6 cm³/mol. The van der Waals surface area contributed by atoms with Crippen molar-refractivity contribution in [2.75, 3.05) is 19.6 Å². The van der Waals surface area contributed by atoms with E-state index in [1.165, 1.54) is 11.0 Å². The molecule has 21 heavy (non-hydrogen) atoms. The molecule has 0 saturated carbocycles. The summed E-state index contributed by atoms with van der Waals surface area (Å²) in [7, 11) is 0. The number of halogens is 1. The third-order valence-electron chi connectivity index (χ3n) is 3.57. The lowest BCUT2D eigenvalue weighted by molar-refractivity contribution is -0.150. The maximum atomic E-state index is 13.9. The molecule has 1 aliphatic heterocycles. The van der Waals surface area contributed by atoms with Crippen molar-refractivity contribution in [1.29, 1.82) is 0 Å². The van der Waals surface area contributed by atoms with Gasteiger partial charge in [-0.2, -0.15) is 0 Å². The number of nitrogens with zero attached hydrogens (tertiary/aromatic N) is 2. The second kappa shape index (κ2) is 6.67. The molecule has 2 amide bonds. The first-order chi connectivity index (χ1) is 10.0. The van der Waals surface area contributed by atoms with E-state index in [2.05, 4.69) is 0 Å². The van der Waals surface area contributed by atoms with Gasteiger partial charge >= 0.3 is 0 Å². The lowest BCUT2D eigenvalue weighted by Crippen LogP contribution is -2.53. The average molecular weight is 293 g/mol. The smallest absolute Gasteiger partial charge is 0.242 e. The Balaban J connectivity index is 2.06. The third kappa shape index (κ3) is 3.58. The molecule has 2 N–H and O–H groups in total. The Labute approximate surface area is 123 Å². The Morgan fingerprint density at radius 3 is 2.48 bits per heavy atom. The highest BCUT2D eigenvalue weighted by atomic mass is 19.1. The van der Waals surface area contributed by atoms with E-state index in [-0.39, 0.29) is 38.0 Å². The standard InChI is InChI=1S/C15H20FN3O2/c1-2-5-18-9-15(21)19(10-14(18)20)8-12-4-3-11(7-17)6-13(12)16/h3-4,6H,2,5,7-10,17H2,1H3. The summed E-state index contributed by atoms with van der Waals surface area (Å²) >= 11 is 0. The van der Waals surface area contributed by atoms with Crippen molar-refractivity contribution < 1.29 is 14.0 Å². The summed E-state index contributed by atoms with van der Waals surface area (Å²) < 4.78 is 13.9. The van der Waals surface area contributed by atoms with Gasteiger partial charge in [0.1, 0.15) is 12.4 Å². The van der Waals surface area contributed by atoms with Gasteiger partial charge in [0.05, 0.1) is 6.54 Å². The molecular formula is C15H20FN3O2. The lowest BCUT2D eigenvalue weighted by Gasteiger charge is -2.33. The monoisotopic (exact) mass is 293 g/mol. The Morgan fingerprint density at radius 2 is 1.86 bits per heavy atom. The number of benzene rings is 1. The Kier molecular flexibility index (Phi) is 4.90. The molecule has 1 saturated heterocycles. The van der Waals surface area contributed by atoms with Crippen LogP contribution in [0.5, 0.6) is 0 Å². The van der Waals surface area contributed by atoms with Gasteiger partial charge in [0.2, 0.25) is 11.8 Å². The largest absolute Gasteiger partial charge is 0.332 e. The molecule has 114 valence electrons. The van der Waals surface area contributed by atoms with Crippen LogP contribution in [0.15, 0.2) is 18.2 Å². The van der Waals surface area contributed by atoms with Crippen molar-refractivity contribution in [3.63, 3.8) is 0 Å². The van der Waals surface area contributed by atoms with Crippen LogP contribution in [-0.2, 0) is 22.7 Å². The van der Waals surface area contributed by atoms with Gasteiger partial charge in [-0.05, 0) is 18.1 Å².